The van der Waals surface area contributed by atoms with Crippen LogP contribution in [0.3, 0.4) is 0 Å². The van der Waals surface area contributed by atoms with Gasteiger partial charge in [0.2, 0.25) is 0 Å². The van der Waals surface area contributed by atoms with Gasteiger partial charge in [0.05, 0.1) is 5.69 Å². The average molecular weight is 302 g/mol. The Balaban J connectivity index is 2.00. The standard InChI is InChI=1S/C12H22N4O3S/c1-9-12(10(2)19-15-9)7-14-20(17,18)16-5-3-4-11(6-13)8-16/h11,14H,3-8,13H2,1-2H3. The van der Waals surface area contributed by atoms with Crippen molar-refractivity contribution in [2.75, 3.05) is 19.6 Å². The van der Waals surface area contributed by atoms with Crippen LogP contribution in [0.15, 0.2) is 4.52 Å². The molecule has 0 aliphatic carbocycles. The van der Waals surface area contributed by atoms with Crippen molar-refractivity contribution >= 4 is 10.2 Å². The normalized spacial score (nSPS) is 21.2. The highest BCUT2D eigenvalue weighted by Gasteiger charge is 2.28. The summed E-state index contributed by atoms with van der Waals surface area (Å²) < 4.78 is 33.7. The van der Waals surface area contributed by atoms with Gasteiger partial charge in [-0.2, -0.15) is 17.4 Å². The van der Waals surface area contributed by atoms with Gasteiger partial charge in [-0.1, -0.05) is 5.16 Å². The van der Waals surface area contributed by atoms with Crippen molar-refractivity contribution in [1.82, 2.24) is 14.2 Å². The quantitative estimate of drug-likeness (QED) is 0.814. The Morgan fingerprint density at radius 1 is 1.50 bits per heavy atom. The van der Waals surface area contributed by atoms with Crippen molar-refractivity contribution in [3.8, 4) is 0 Å². The zero-order valence-electron chi connectivity index (χ0n) is 11.9. The molecule has 7 nitrogen and oxygen atoms in total. The molecule has 0 aromatic carbocycles. The van der Waals surface area contributed by atoms with Crippen molar-refractivity contribution in [3.05, 3.63) is 17.0 Å². The molecule has 1 aromatic heterocycles. The van der Waals surface area contributed by atoms with Crippen LogP contribution in [0.2, 0.25) is 0 Å². The summed E-state index contributed by atoms with van der Waals surface area (Å²) in [7, 11) is -3.48. The SMILES string of the molecule is Cc1noc(C)c1CNS(=O)(=O)N1CCCC(CN)C1. The molecule has 3 N–H and O–H groups in total. The number of nitrogens with zero attached hydrogens (tertiary/aromatic N) is 2. The molecule has 2 rings (SSSR count). The number of piperidine rings is 1. The van der Waals surface area contributed by atoms with Crippen molar-refractivity contribution in [2.24, 2.45) is 11.7 Å². The van der Waals surface area contributed by atoms with Gasteiger partial charge in [0.15, 0.2) is 0 Å². The first-order valence-electron chi connectivity index (χ1n) is 6.80. The highest BCUT2D eigenvalue weighted by molar-refractivity contribution is 7.87. The minimum Gasteiger partial charge on any atom is -0.361 e. The van der Waals surface area contributed by atoms with E-state index in [2.05, 4.69) is 9.88 Å². The molecule has 1 aromatic rings. The van der Waals surface area contributed by atoms with E-state index in [9.17, 15) is 8.42 Å². The van der Waals surface area contributed by atoms with Crippen LogP contribution < -0.4 is 10.5 Å². The second kappa shape index (κ2) is 6.21. The summed E-state index contributed by atoms with van der Waals surface area (Å²) in [5.74, 6) is 0.892. The summed E-state index contributed by atoms with van der Waals surface area (Å²) in [4.78, 5) is 0. The second-order valence-electron chi connectivity index (χ2n) is 5.23. The lowest BCUT2D eigenvalue weighted by Gasteiger charge is -2.31. The number of aryl methyl sites for hydroxylation is 2. The van der Waals surface area contributed by atoms with E-state index in [4.69, 9.17) is 10.3 Å². The second-order valence-corrected chi connectivity index (χ2v) is 6.99. The number of nitrogens with two attached hydrogens (primary N) is 1. The van der Waals surface area contributed by atoms with Crippen LogP contribution in [0.4, 0.5) is 0 Å². The fourth-order valence-corrected chi connectivity index (χ4v) is 3.73. The summed E-state index contributed by atoms with van der Waals surface area (Å²) >= 11 is 0. The molecule has 8 heteroatoms. The van der Waals surface area contributed by atoms with Crippen LogP contribution in [-0.2, 0) is 16.8 Å². The molecule has 1 fully saturated rings. The topological polar surface area (TPSA) is 101 Å². The molecule has 1 atom stereocenters. The first-order valence-corrected chi connectivity index (χ1v) is 8.24. The molecule has 2 heterocycles. The van der Waals surface area contributed by atoms with Gasteiger partial charge in [0, 0.05) is 25.2 Å². The Bertz CT molecular complexity index is 536. The van der Waals surface area contributed by atoms with Crippen LogP contribution in [-0.4, -0.2) is 37.5 Å². The lowest BCUT2D eigenvalue weighted by molar-refractivity contribution is 0.268. The lowest BCUT2D eigenvalue weighted by atomic mass is 10.0. The molecule has 0 bridgehead atoms. The van der Waals surface area contributed by atoms with Crippen LogP contribution in [0.1, 0.15) is 29.9 Å². The Hall–Kier alpha value is -0.960. The Morgan fingerprint density at radius 3 is 2.85 bits per heavy atom. The molecule has 0 saturated carbocycles. The lowest BCUT2D eigenvalue weighted by Crippen LogP contribution is -2.47. The monoisotopic (exact) mass is 302 g/mol. The fourth-order valence-electron chi connectivity index (χ4n) is 2.45. The third-order valence-electron chi connectivity index (χ3n) is 3.77. The van der Waals surface area contributed by atoms with Gasteiger partial charge in [-0.25, -0.2) is 0 Å². The van der Waals surface area contributed by atoms with E-state index in [0.717, 1.165) is 18.4 Å². The third kappa shape index (κ3) is 3.38. The zero-order chi connectivity index (χ0) is 14.8. The summed E-state index contributed by atoms with van der Waals surface area (Å²) in [6.07, 6.45) is 1.85. The van der Waals surface area contributed by atoms with Crippen LogP contribution in [0.25, 0.3) is 0 Å². The van der Waals surface area contributed by atoms with Gasteiger partial charge >= 0.3 is 0 Å². The van der Waals surface area contributed by atoms with Crippen LogP contribution in [0, 0.1) is 19.8 Å². The number of nitrogens with one attached hydrogen (secondary N) is 1. The Kier molecular flexibility index (Phi) is 4.79. The fraction of sp³-hybridized carbons (Fsp3) is 0.750. The van der Waals surface area contributed by atoms with Gasteiger partial charge in [-0.3, -0.25) is 0 Å². The van der Waals surface area contributed by atoms with Crippen molar-refractivity contribution in [3.63, 3.8) is 0 Å². The summed E-state index contributed by atoms with van der Waals surface area (Å²) in [6, 6.07) is 0. The molecule has 1 aliphatic heterocycles. The minimum atomic E-state index is -3.48. The van der Waals surface area contributed by atoms with Crippen molar-refractivity contribution in [1.29, 1.82) is 0 Å². The molecule has 20 heavy (non-hydrogen) atoms. The van der Waals surface area contributed by atoms with E-state index in [1.54, 1.807) is 13.8 Å². The predicted octanol–water partition coefficient (Wildman–Crippen LogP) is 0.297. The number of rotatable bonds is 5. The molecule has 0 spiro atoms. The molecule has 1 saturated heterocycles. The highest BCUT2D eigenvalue weighted by Crippen LogP contribution is 2.18. The largest absolute Gasteiger partial charge is 0.361 e. The third-order valence-corrected chi connectivity index (χ3v) is 5.29. The molecule has 0 amide bonds. The molecule has 114 valence electrons. The predicted molar refractivity (Wildman–Crippen MR) is 75.1 cm³/mol. The highest BCUT2D eigenvalue weighted by atomic mass is 32.2. The number of hydrogen-bond donors (Lipinski definition) is 2. The molecular weight excluding hydrogens is 280 g/mol. The summed E-state index contributed by atoms with van der Waals surface area (Å²) in [6.45, 7) is 5.34. The van der Waals surface area contributed by atoms with E-state index in [1.807, 2.05) is 0 Å². The van der Waals surface area contributed by atoms with E-state index < -0.39 is 10.2 Å². The first kappa shape index (κ1) is 15.4. The summed E-state index contributed by atoms with van der Waals surface area (Å²) in [5.41, 5.74) is 7.14. The average Bonchev–Trinajstić information content (AvgIpc) is 2.76. The van der Waals surface area contributed by atoms with Crippen molar-refractivity contribution < 1.29 is 12.9 Å². The molecule has 1 aliphatic rings. The zero-order valence-corrected chi connectivity index (χ0v) is 12.7. The molecule has 0 radical (unpaired) electrons. The number of hydrogen-bond acceptors (Lipinski definition) is 5. The van der Waals surface area contributed by atoms with Crippen LogP contribution in [0.5, 0.6) is 0 Å². The van der Waals surface area contributed by atoms with E-state index in [1.165, 1.54) is 4.31 Å². The van der Waals surface area contributed by atoms with Gasteiger partial charge in [0.25, 0.3) is 10.2 Å². The maximum Gasteiger partial charge on any atom is 0.279 e. The van der Waals surface area contributed by atoms with Crippen molar-refractivity contribution in [2.45, 2.75) is 33.2 Å². The van der Waals surface area contributed by atoms with Crippen LogP contribution >= 0.6 is 0 Å². The Morgan fingerprint density at radius 2 is 2.25 bits per heavy atom. The maximum atomic E-state index is 12.3. The van der Waals surface area contributed by atoms with Gasteiger partial charge in [-0.15, -0.1) is 0 Å². The minimum absolute atomic E-state index is 0.202. The Labute approximate surface area is 119 Å². The molecular formula is C12H22N4O3S. The number of aromatic nitrogens is 1. The molecule has 1 unspecified atom stereocenters. The van der Waals surface area contributed by atoms with E-state index in [0.29, 0.717) is 31.1 Å². The van der Waals surface area contributed by atoms with Gasteiger partial charge in [0.1, 0.15) is 5.76 Å². The first-order chi connectivity index (χ1) is 9.44. The summed E-state index contributed by atoms with van der Waals surface area (Å²) in [5, 5.41) is 3.81. The van der Waals surface area contributed by atoms with E-state index in [-0.39, 0.29) is 12.5 Å². The van der Waals surface area contributed by atoms with Gasteiger partial charge in [-0.05, 0) is 39.2 Å². The maximum absolute atomic E-state index is 12.3. The van der Waals surface area contributed by atoms with E-state index >= 15 is 0 Å². The smallest absolute Gasteiger partial charge is 0.279 e. The van der Waals surface area contributed by atoms with Gasteiger partial charge < -0.3 is 10.3 Å².